The lowest BCUT2D eigenvalue weighted by Gasteiger charge is -2.24. The summed E-state index contributed by atoms with van der Waals surface area (Å²) in [5, 5.41) is 0. The molecule has 0 aromatic carbocycles. The molecule has 0 radical (unpaired) electrons. The predicted octanol–water partition coefficient (Wildman–Crippen LogP) is 2.39. The third-order valence-corrected chi connectivity index (χ3v) is 1.67. The summed E-state index contributed by atoms with van der Waals surface area (Å²) in [6, 6.07) is 0. The van der Waals surface area contributed by atoms with Gasteiger partial charge >= 0.3 is 5.97 Å². The fourth-order valence-electron chi connectivity index (χ4n) is 0.808. The van der Waals surface area contributed by atoms with Gasteiger partial charge < -0.3 is 9.47 Å². The molecule has 0 aromatic heterocycles. The molecule has 0 amide bonds. The van der Waals surface area contributed by atoms with Crippen LogP contribution in [0.1, 0.15) is 41.5 Å². The summed E-state index contributed by atoms with van der Waals surface area (Å²) in [6.45, 7) is 11.7. The van der Waals surface area contributed by atoms with Crippen LogP contribution in [0.2, 0.25) is 0 Å². The van der Waals surface area contributed by atoms with E-state index >= 15 is 0 Å². The van der Waals surface area contributed by atoms with Gasteiger partial charge in [0.25, 0.3) is 0 Å². The van der Waals surface area contributed by atoms with Crippen molar-refractivity contribution in [3.05, 3.63) is 0 Å². The highest BCUT2D eigenvalue weighted by Crippen LogP contribution is 2.19. The molecule has 0 bridgehead atoms. The first-order chi connectivity index (χ1) is 6.25. The van der Waals surface area contributed by atoms with Gasteiger partial charge in [-0.2, -0.15) is 0 Å². The number of rotatable bonds is 5. The van der Waals surface area contributed by atoms with E-state index in [9.17, 15) is 4.79 Å². The molecular weight excluding hydrogens is 180 g/mol. The number of esters is 1. The molecule has 0 saturated carbocycles. The average molecular weight is 202 g/mol. The first-order valence-corrected chi connectivity index (χ1v) is 5.08. The molecule has 0 heterocycles. The topological polar surface area (TPSA) is 35.5 Å². The van der Waals surface area contributed by atoms with Gasteiger partial charge in [-0.3, -0.25) is 4.79 Å². The zero-order valence-corrected chi connectivity index (χ0v) is 10.1. The highest BCUT2D eigenvalue weighted by molar-refractivity contribution is 5.76. The molecule has 14 heavy (non-hydrogen) atoms. The standard InChI is InChI=1S/C11H22O3/c1-8(2)13-7-11(5,6)10(12)14-9(3)4/h8-9H,7H2,1-6H3. The molecule has 3 heteroatoms. The molecule has 0 aliphatic rings. The maximum absolute atomic E-state index is 11.6. The molecule has 3 nitrogen and oxygen atoms in total. The lowest BCUT2D eigenvalue weighted by atomic mass is 9.95. The van der Waals surface area contributed by atoms with Gasteiger partial charge in [0.1, 0.15) is 0 Å². The van der Waals surface area contributed by atoms with Crippen LogP contribution in [0.5, 0.6) is 0 Å². The van der Waals surface area contributed by atoms with E-state index in [0.717, 1.165) is 0 Å². The van der Waals surface area contributed by atoms with Crippen molar-refractivity contribution in [1.29, 1.82) is 0 Å². The van der Waals surface area contributed by atoms with Gasteiger partial charge in [0.05, 0.1) is 24.2 Å². The van der Waals surface area contributed by atoms with Crippen LogP contribution in [0.25, 0.3) is 0 Å². The molecular formula is C11H22O3. The van der Waals surface area contributed by atoms with Crippen molar-refractivity contribution in [2.45, 2.75) is 53.8 Å². The first kappa shape index (κ1) is 13.4. The fourth-order valence-corrected chi connectivity index (χ4v) is 0.808. The largest absolute Gasteiger partial charge is 0.462 e. The monoisotopic (exact) mass is 202 g/mol. The van der Waals surface area contributed by atoms with E-state index in [1.165, 1.54) is 0 Å². The van der Waals surface area contributed by atoms with Crippen LogP contribution < -0.4 is 0 Å². The Bertz CT molecular complexity index is 183. The van der Waals surface area contributed by atoms with E-state index < -0.39 is 5.41 Å². The quantitative estimate of drug-likeness (QED) is 0.642. The smallest absolute Gasteiger partial charge is 0.314 e. The average Bonchev–Trinajstić information content (AvgIpc) is 1.99. The summed E-state index contributed by atoms with van der Waals surface area (Å²) >= 11 is 0. The Morgan fingerprint density at radius 2 is 1.64 bits per heavy atom. The number of carbonyl (C=O) groups excluding carboxylic acids is 1. The highest BCUT2D eigenvalue weighted by Gasteiger charge is 2.30. The second-order valence-electron chi connectivity index (χ2n) is 4.70. The Labute approximate surface area is 86.8 Å². The Morgan fingerprint density at radius 3 is 2.00 bits per heavy atom. The second kappa shape index (κ2) is 5.35. The third kappa shape index (κ3) is 5.22. The Hall–Kier alpha value is -0.570. The molecule has 0 atom stereocenters. The van der Waals surface area contributed by atoms with Crippen molar-refractivity contribution in [3.8, 4) is 0 Å². The third-order valence-electron chi connectivity index (χ3n) is 1.67. The lowest BCUT2D eigenvalue weighted by Crippen LogP contribution is -2.34. The maximum atomic E-state index is 11.6. The van der Waals surface area contributed by atoms with Gasteiger partial charge in [-0.1, -0.05) is 0 Å². The van der Waals surface area contributed by atoms with Crippen LogP contribution in [0.15, 0.2) is 0 Å². The van der Waals surface area contributed by atoms with Crippen molar-refractivity contribution >= 4 is 5.97 Å². The van der Waals surface area contributed by atoms with E-state index in [0.29, 0.717) is 6.61 Å². The second-order valence-corrected chi connectivity index (χ2v) is 4.70. The van der Waals surface area contributed by atoms with Crippen LogP contribution in [-0.4, -0.2) is 24.8 Å². The van der Waals surface area contributed by atoms with Crippen LogP contribution in [0, 0.1) is 5.41 Å². The Kier molecular flexibility index (Phi) is 5.13. The Morgan fingerprint density at radius 1 is 1.14 bits per heavy atom. The van der Waals surface area contributed by atoms with Gasteiger partial charge in [-0.05, 0) is 41.5 Å². The molecule has 0 aromatic rings. The summed E-state index contributed by atoms with van der Waals surface area (Å²) in [5.74, 6) is -0.201. The first-order valence-electron chi connectivity index (χ1n) is 5.08. The van der Waals surface area contributed by atoms with Gasteiger partial charge in [-0.25, -0.2) is 0 Å². The molecule has 0 saturated heterocycles. The Balaban J connectivity index is 4.09. The SMILES string of the molecule is CC(C)OCC(C)(C)C(=O)OC(C)C. The van der Waals surface area contributed by atoms with E-state index in [-0.39, 0.29) is 18.2 Å². The molecule has 0 aliphatic carbocycles. The predicted molar refractivity (Wildman–Crippen MR) is 56.1 cm³/mol. The van der Waals surface area contributed by atoms with Crippen LogP contribution in [0.3, 0.4) is 0 Å². The van der Waals surface area contributed by atoms with E-state index in [1.807, 2.05) is 41.5 Å². The zero-order chi connectivity index (χ0) is 11.4. The molecule has 0 unspecified atom stereocenters. The fraction of sp³-hybridized carbons (Fsp3) is 0.909. The minimum Gasteiger partial charge on any atom is -0.462 e. The summed E-state index contributed by atoms with van der Waals surface area (Å²) in [6.07, 6.45) is 0.0712. The molecule has 0 spiro atoms. The van der Waals surface area contributed by atoms with Crippen LogP contribution in [-0.2, 0) is 14.3 Å². The lowest BCUT2D eigenvalue weighted by molar-refractivity contribution is -0.162. The normalized spacial score (nSPS) is 12.3. The van der Waals surface area contributed by atoms with E-state index in [4.69, 9.17) is 9.47 Å². The molecule has 84 valence electrons. The zero-order valence-electron chi connectivity index (χ0n) is 10.1. The summed E-state index contributed by atoms with van der Waals surface area (Å²) < 4.78 is 10.5. The van der Waals surface area contributed by atoms with E-state index in [1.54, 1.807) is 0 Å². The van der Waals surface area contributed by atoms with E-state index in [2.05, 4.69) is 0 Å². The number of ether oxygens (including phenoxy) is 2. The van der Waals surface area contributed by atoms with Crippen LogP contribution >= 0.6 is 0 Å². The molecule has 0 rings (SSSR count). The van der Waals surface area contributed by atoms with Crippen molar-refractivity contribution in [2.24, 2.45) is 5.41 Å². The summed E-state index contributed by atoms with van der Waals surface area (Å²) in [7, 11) is 0. The molecule has 0 aliphatic heterocycles. The minimum absolute atomic E-state index is 0.0687. The number of carbonyl (C=O) groups is 1. The van der Waals surface area contributed by atoms with Crippen molar-refractivity contribution in [2.75, 3.05) is 6.61 Å². The van der Waals surface area contributed by atoms with Gasteiger partial charge in [0, 0.05) is 0 Å². The summed E-state index contributed by atoms with van der Waals surface area (Å²) in [5.41, 5.74) is -0.561. The van der Waals surface area contributed by atoms with Crippen molar-refractivity contribution < 1.29 is 14.3 Å². The number of hydrogen-bond donors (Lipinski definition) is 0. The van der Waals surface area contributed by atoms with Crippen LogP contribution in [0.4, 0.5) is 0 Å². The molecule has 0 fully saturated rings. The highest BCUT2D eigenvalue weighted by atomic mass is 16.5. The van der Waals surface area contributed by atoms with Gasteiger partial charge in [0.15, 0.2) is 0 Å². The minimum atomic E-state index is -0.561. The maximum Gasteiger partial charge on any atom is 0.314 e. The van der Waals surface area contributed by atoms with Gasteiger partial charge in [-0.15, -0.1) is 0 Å². The summed E-state index contributed by atoms with van der Waals surface area (Å²) in [4.78, 5) is 11.6. The molecule has 0 N–H and O–H groups in total. The van der Waals surface area contributed by atoms with Crippen molar-refractivity contribution in [1.82, 2.24) is 0 Å². The number of hydrogen-bond acceptors (Lipinski definition) is 3. The van der Waals surface area contributed by atoms with Crippen molar-refractivity contribution in [3.63, 3.8) is 0 Å². The van der Waals surface area contributed by atoms with Gasteiger partial charge in [0.2, 0.25) is 0 Å².